The molecule has 0 saturated heterocycles. The summed E-state index contributed by atoms with van der Waals surface area (Å²) in [5.74, 6) is 0. The number of primary sulfonamides is 1. The molecule has 0 unspecified atom stereocenters. The first kappa shape index (κ1) is 17.5. The summed E-state index contributed by atoms with van der Waals surface area (Å²) in [6, 6.07) is 5.22. The Bertz CT molecular complexity index is 936. The summed E-state index contributed by atoms with van der Waals surface area (Å²) in [6.07, 6.45) is 0. The molecule has 0 aliphatic rings. The standard InChI is InChI=1S/C11H10Cl2N2O4S3/c1-6-2-3-7(4-8(6)21(14,16)17)15-22(18,19)9-5-10(12)20-11(9)13/h2-5,15H,1H3,(H2,14,16,17). The van der Waals surface area contributed by atoms with Crippen LogP contribution in [0.15, 0.2) is 34.1 Å². The van der Waals surface area contributed by atoms with E-state index in [1.54, 1.807) is 6.92 Å². The van der Waals surface area contributed by atoms with Gasteiger partial charge in [-0.1, -0.05) is 29.3 Å². The highest BCUT2D eigenvalue weighted by Crippen LogP contribution is 2.35. The number of nitrogens with one attached hydrogen (secondary N) is 1. The van der Waals surface area contributed by atoms with Crippen LogP contribution in [0.3, 0.4) is 0 Å². The van der Waals surface area contributed by atoms with Gasteiger partial charge in [0, 0.05) is 0 Å². The quantitative estimate of drug-likeness (QED) is 0.822. The molecule has 0 radical (unpaired) electrons. The van der Waals surface area contributed by atoms with Gasteiger partial charge in [-0.05, 0) is 30.7 Å². The zero-order chi connectivity index (χ0) is 16.7. The van der Waals surface area contributed by atoms with Crippen LogP contribution >= 0.6 is 34.5 Å². The van der Waals surface area contributed by atoms with Crippen molar-refractivity contribution in [3.63, 3.8) is 0 Å². The molecule has 1 aromatic heterocycles. The lowest BCUT2D eigenvalue weighted by molar-refractivity contribution is 0.596. The molecule has 0 bridgehead atoms. The van der Waals surface area contributed by atoms with Crippen LogP contribution in [-0.2, 0) is 20.0 Å². The van der Waals surface area contributed by atoms with Crippen molar-refractivity contribution in [1.82, 2.24) is 0 Å². The van der Waals surface area contributed by atoms with Gasteiger partial charge in [0.25, 0.3) is 10.0 Å². The molecule has 2 aromatic rings. The highest BCUT2D eigenvalue weighted by molar-refractivity contribution is 7.93. The van der Waals surface area contributed by atoms with Crippen molar-refractivity contribution in [2.24, 2.45) is 5.14 Å². The van der Waals surface area contributed by atoms with Crippen LogP contribution in [-0.4, -0.2) is 16.8 Å². The van der Waals surface area contributed by atoms with Gasteiger partial charge in [0.05, 0.1) is 14.9 Å². The summed E-state index contributed by atoms with van der Waals surface area (Å²) >= 11 is 12.5. The maximum Gasteiger partial charge on any atom is 0.264 e. The lowest BCUT2D eigenvalue weighted by atomic mass is 10.2. The molecule has 0 spiro atoms. The molecule has 0 saturated carbocycles. The van der Waals surface area contributed by atoms with E-state index in [1.807, 2.05) is 0 Å². The highest BCUT2D eigenvalue weighted by Gasteiger charge is 2.22. The van der Waals surface area contributed by atoms with Crippen LogP contribution in [0.1, 0.15) is 5.56 Å². The van der Waals surface area contributed by atoms with E-state index in [-0.39, 0.29) is 24.2 Å². The normalized spacial score (nSPS) is 12.4. The smallest absolute Gasteiger partial charge is 0.264 e. The third kappa shape index (κ3) is 3.73. The molecule has 120 valence electrons. The number of thiophene rings is 1. The predicted molar refractivity (Wildman–Crippen MR) is 87.7 cm³/mol. The minimum atomic E-state index is -3.99. The summed E-state index contributed by atoms with van der Waals surface area (Å²) in [4.78, 5) is -0.343. The first-order valence-electron chi connectivity index (χ1n) is 5.62. The van der Waals surface area contributed by atoms with Gasteiger partial charge in [-0.3, -0.25) is 4.72 Å². The molecule has 6 nitrogen and oxygen atoms in total. The van der Waals surface area contributed by atoms with E-state index in [9.17, 15) is 16.8 Å². The Labute approximate surface area is 142 Å². The first-order valence-corrected chi connectivity index (χ1v) is 10.2. The topological polar surface area (TPSA) is 106 Å². The second-order valence-corrected chi connectivity index (χ2v) is 9.79. The molecule has 1 aromatic carbocycles. The zero-order valence-corrected chi connectivity index (χ0v) is 15.0. The van der Waals surface area contributed by atoms with Crippen molar-refractivity contribution < 1.29 is 16.8 Å². The number of rotatable bonds is 4. The van der Waals surface area contributed by atoms with Crippen LogP contribution in [0.25, 0.3) is 0 Å². The molecule has 11 heteroatoms. The first-order chi connectivity index (χ1) is 10.0. The predicted octanol–water partition coefficient (Wildman–Crippen LogP) is 2.81. The lowest BCUT2D eigenvalue weighted by Gasteiger charge is -2.10. The Hall–Kier alpha value is -0.840. The Morgan fingerprint density at radius 3 is 2.23 bits per heavy atom. The molecule has 0 aliphatic heterocycles. The fourth-order valence-corrected chi connectivity index (χ4v) is 5.70. The molecule has 0 atom stereocenters. The minimum absolute atomic E-state index is 0.0104. The van der Waals surface area contributed by atoms with Gasteiger partial charge in [0.1, 0.15) is 9.23 Å². The van der Waals surface area contributed by atoms with E-state index >= 15 is 0 Å². The summed E-state index contributed by atoms with van der Waals surface area (Å²) < 4.78 is 49.9. The van der Waals surface area contributed by atoms with E-state index < -0.39 is 20.0 Å². The number of aryl methyl sites for hydroxylation is 1. The van der Waals surface area contributed by atoms with Gasteiger partial charge in [-0.2, -0.15) is 0 Å². The largest absolute Gasteiger partial charge is 0.280 e. The summed E-state index contributed by atoms with van der Waals surface area (Å²) in [5, 5.41) is 5.09. The third-order valence-electron chi connectivity index (χ3n) is 2.66. The molecular formula is C11H10Cl2N2O4S3. The van der Waals surface area contributed by atoms with Gasteiger partial charge < -0.3 is 0 Å². The number of halogens is 2. The van der Waals surface area contributed by atoms with E-state index in [4.69, 9.17) is 28.3 Å². The molecule has 0 amide bonds. The number of hydrogen-bond acceptors (Lipinski definition) is 5. The number of sulfonamides is 2. The Balaban J connectivity index is 2.45. The van der Waals surface area contributed by atoms with Gasteiger partial charge in [0.15, 0.2) is 0 Å². The fraction of sp³-hybridized carbons (Fsp3) is 0.0909. The summed E-state index contributed by atoms with van der Waals surface area (Å²) in [7, 11) is -7.95. The molecule has 3 N–H and O–H groups in total. The Kier molecular flexibility index (Phi) is 4.77. The lowest BCUT2D eigenvalue weighted by Crippen LogP contribution is -2.16. The maximum atomic E-state index is 12.3. The van der Waals surface area contributed by atoms with Gasteiger partial charge in [-0.25, -0.2) is 22.0 Å². The van der Waals surface area contributed by atoms with Crippen LogP contribution in [0.5, 0.6) is 0 Å². The van der Waals surface area contributed by atoms with E-state index in [0.717, 1.165) is 17.4 Å². The van der Waals surface area contributed by atoms with E-state index in [0.29, 0.717) is 5.56 Å². The molecule has 1 heterocycles. The second kappa shape index (κ2) is 5.99. The summed E-state index contributed by atoms with van der Waals surface area (Å²) in [5.41, 5.74) is 0.454. The van der Waals surface area contributed by atoms with Crippen LogP contribution in [0.2, 0.25) is 8.67 Å². The van der Waals surface area contributed by atoms with Crippen molar-refractivity contribution in [3.8, 4) is 0 Å². The van der Waals surface area contributed by atoms with Crippen LogP contribution in [0, 0.1) is 6.92 Å². The van der Waals surface area contributed by atoms with Gasteiger partial charge >= 0.3 is 0 Å². The third-order valence-corrected chi connectivity index (χ3v) is 6.85. The van der Waals surface area contributed by atoms with E-state index in [1.165, 1.54) is 18.2 Å². The van der Waals surface area contributed by atoms with Crippen molar-refractivity contribution in [3.05, 3.63) is 38.5 Å². The average molecular weight is 401 g/mol. The van der Waals surface area contributed by atoms with Crippen LogP contribution in [0.4, 0.5) is 5.69 Å². The van der Waals surface area contributed by atoms with Crippen molar-refractivity contribution in [2.75, 3.05) is 4.72 Å². The van der Waals surface area contributed by atoms with Crippen LogP contribution < -0.4 is 9.86 Å². The molecule has 0 aliphatic carbocycles. The SMILES string of the molecule is Cc1ccc(NS(=O)(=O)c2cc(Cl)sc2Cl)cc1S(N)(=O)=O. The van der Waals surface area contributed by atoms with Crippen molar-refractivity contribution in [1.29, 1.82) is 0 Å². The number of benzene rings is 1. The van der Waals surface area contributed by atoms with Crippen molar-refractivity contribution >= 4 is 60.3 Å². The molecule has 2 rings (SSSR count). The van der Waals surface area contributed by atoms with E-state index in [2.05, 4.69) is 4.72 Å². The average Bonchev–Trinajstić information content (AvgIpc) is 2.70. The van der Waals surface area contributed by atoms with Gasteiger partial charge in [0.2, 0.25) is 10.0 Å². The second-order valence-electron chi connectivity index (χ2n) is 4.32. The Morgan fingerprint density at radius 1 is 1.09 bits per heavy atom. The minimum Gasteiger partial charge on any atom is -0.280 e. The molecular weight excluding hydrogens is 391 g/mol. The number of nitrogens with two attached hydrogens (primary N) is 1. The zero-order valence-electron chi connectivity index (χ0n) is 11.0. The number of anilines is 1. The number of hydrogen-bond donors (Lipinski definition) is 2. The van der Waals surface area contributed by atoms with Gasteiger partial charge in [-0.15, -0.1) is 11.3 Å². The summed E-state index contributed by atoms with van der Waals surface area (Å²) in [6.45, 7) is 1.55. The monoisotopic (exact) mass is 400 g/mol. The molecule has 22 heavy (non-hydrogen) atoms. The molecule has 0 fully saturated rings. The van der Waals surface area contributed by atoms with Crippen molar-refractivity contribution in [2.45, 2.75) is 16.7 Å². The highest BCUT2D eigenvalue weighted by atomic mass is 35.5. The fourth-order valence-electron chi connectivity index (χ4n) is 1.69. The maximum absolute atomic E-state index is 12.3. The Morgan fingerprint density at radius 2 is 1.73 bits per heavy atom.